The Balaban J connectivity index is 1.82. The largest absolute Gasteiger partial charge is 0.504 e. The molecule has 0 bridgehead atoms. The van der Waals surface area contributed by atoms with Crippen molar-refractivity contribution in [3.05, 3.63) is 53.7 Å². The number of rotatable bonds is 7. The highest BCUT2D eigenvalue weighted by Gasteiger charge is 2.29. The van der Waals surface area contributed by atoms with Gasteiger partial charge in [-0.3, -0.25) is 0 Å². The Kier molecular flexibility index (Phi) is 5.33. The number of H-pyrrole nitrogens is 1. The molecule has 2 aromatic carbocycles. The Morgan fingerprint density at radius 3 is 2.29 bits per heavy atom. The molecule has 0 spiro atoms. The number of nitrogens with one attached hydrogen (secondary N) is 1. The van der Waals surface area contributed by atoms with E-state index < -0.39 is 0 Å². The average molecular weight is 382 g/mol. The Morgan fingerprint density at radius 1 is 0.893 bits per heavy atom. The molecule has 1 heterocycles. The predicted octanol–water partition coefficient (Wildman–Crippen LogP) is 5.93. The third-order valence-electron chi connectivity index (χ3n) is 5.95. The van der Waals surface area contributed by atoms with Crippen LogP contribution in [0.2, 0.25) is 0 Å². The first-order valence-electron chi connectivity index (χ1n) is 9.71. The molecule has 150 valence electrons. The Labute approximate surface area is 167 Å². The summed E-state index contributed by atoms with van der Waals surface area (Å²) in [7, 11) is 3.27. The number of benzene rings is 2. The van der Waals surface area contributed by atoms with E-state index in [9.17, 15) is 5.11 Å². The van der Waals surface area contributed by atoms with Crippen molar-refractivity contribution in [2.75, 3.05) is 14.2 Å². The maximum Gasteiger partial charge on any atom is 0.160 e. The molecule has 3 rings (SSSR count). The van der Waals surface area contributed by atoms with E-state index in [0.717, 1.165) is 24.1 Å². The lowest BCUT2D eigenvalue weighted by atomic mass is 9.72. The van der Waals surface area contributed by atoms with Crippen molar-refractivity contribution in [1.82, 2.24) is 4.98 Å². The summed E-state index contributed by atoms with van der Waals surface area (Å²) < 4.78 is 10.6. The van der Waals surface area contributed by atoms with Crippen LogP contribution in [-0.2, 0) is 10.8 Å². The summed E-state index contributed by atoms with van der Waals surface area (Å²) in [6, 6.07) is 11.8. The fraction of sp³-hybridized carbons (Fsp3) is 0.417. The first-order chi connectivity index (χ1) is 13.2. The molecule has 0 unspecified atom stereocenters. The van der Waals surface area contributed by atoms with Gasteiger partial charge in [0.25, 0.3) is 0 Å². The van der Waals surface area contributed by atoms with Crippen LogP contribution in [0.15, 0.2) is 42.6 Å². The number of hydrogen-bond acceptors (Lipinski definition) is 3. The molecular weight excluding hydrogens is 350 g/mol. The molecule has 0 aliphatic carbocycles. The lowest BCUT2D eigenvalue weighted by Gasteiger charge is -2.32. The summed E-state index contributed by atoms with van der Waals surface area (Å²) in [4.78, 5) is 3.39. The molecule has 0 atom stereocenters. The van der Waals surface area contributed by atoms with Crippen molar-refractivity contribution < 1.29 is 14.6 Å². The summed E-state index contributed by atoms with van der Waals surface area (Å²) in [5.41, 5.74) is 3.58. The highest BCUT2D eigenvalue weighted by Crippen LogP contribution is 2.40. The van der Waals surface area contributed by atoms with Crippen molar-refractivity contribution >= 4 is 10.9 Å². The minimum atomic E-state index is -0.0341. The maximum absolute atomic E-state index is 9.89. The number of aromatic amines is 1. The lowest BCUT2D eigenvalue weighted by Crippen LogP contribution is -2.24. The fourth-order valence-electron chi connectivity index (χ4n) is 3.79. The van der Waals surface area contributed by atoms with Gasteiger partial charge in [0.15, 0.2) is 11.5 Å². The van der Waals surface area contributed by atoms with Crippen LogP contribution in [0.4, 0.5) is 0 Å². The Hall–Kier alpha value is -2.62. The molecule has 28 heavy (non-hydrogen) atoms. The van der Waals surface area contributed by atoms with Crippen molar-refractivity contribution in [3.8, 4) is 17.2 Å². The SMILES string of the molecule is COc1ccc2c(C(C)(C)CCC(C)(C)c3ccc(O)c(OC)c3)c[nH]c2c1. The number of phenols is 1. The number of aromatic hydroxyl groups is 1. The summed E-state index contributed by atoms with van der Waals surface area (Å²) in [6.07, 6.45) is 4.17. The smallest absolute Gasteiger partial charge is 0.160 e. The summed E-state index contributed by atoms with van der Waals surface area (Å²) in [5, 5.41) is 11.1. The second-order valence-corrected chi connectivity index (χ2v) is 8.77. The molecule has 0 saturated carbocycles. The van der Waals surface area contributed by atoms with Gasteiger partial charge < -0.3 is 19.6 Å². The van der Waals surface area contributed by atoms with Crippen molar-refractivity contribution in [2.24, 2.45) is 0 Å². The molecule has 4 heteroatoms. The number of phenolic OH excluding ortho intramolecular Hbond substituents is 1. The number of ether oxygens (including phenoxy) is 2. The summed E-state index contributed by atoms with van der Waals surface area (Å²) in [6.45, 7) is 9.09. The minimum absolute atomic E-state index is 0.0190. The van der Waals surface area contributed by atoms with E-state index in [-0.39, 0.29) is 16.6 Å². The van der Waals surface area contributed by atoms with Gasteiger partial charge in [0.1, 0.15) is 5.75 Å². The molecule has 0 aliphatic rings. The van der Waals surface area contributed by atoms with Gasteiger partial charge >= 0.3 is 0 Å². The normalized spacial score (nSPS) is 12.4. The average Bonchev–Trinajstić information content (AvgIpc) is 3.10. The van der Waals surface area contributed by atoms with Crippen LogP contribution in [0.1, 0.15) is 51.7 Å². The van der Waals surface area contributed by atoms with Crippen molar-refractivity contribution in [3.63, 3.8) is 0 Å². The number of methoxy groups -OCH3 is 2. The molecule has 0 radical (unpaired) electrons. The van der Waals surface area contributed by atoms with Gasteiger partial charge in [0.05, 0.1) is 14.2 Å². The molecule has 0 fully saturated rings. The van der Waals surface area contributed by atoms with E-state index in [1.165, 1.54) is 16.5 Å². The van der Waals surface area contributed by atoms with Gasteiger partial charge in [-0.05, 0) is 59.1 Å². The van der Waals surface area contributed by atoms with E-state index in [1.807, 2.05) is 24.3 Å². The Bertz CT molecular complexity index is 969. The highest BCUT2D eigenvalue weighted by atomic mass is 16.5. The predicted molar refractivity (Wildman–Crippen MR) is 115 cm³/mol. The first-order valence-corrected chi connectivity index (χ1v) is 9.71. The first kappa shape index (κ1) is 20.1. The molecule has 0 aliphatic heterocycles. The molecular formula is C24H31NO3. The van der Waals surface area contributed by atoms with Crippen LogP contribution in [0.25, 0.3) is 10.9 Å². The topological polar surface area (TPSA) is 54.5 Å². The third kappa shape index (κ3) is 3.82. The van der Waals surface area contributed by atoms with Crippen LogP contribution in [0.3, 0.4) is 0 Å². The quantitative estimate of drug-likeness (QED) is 0.533. The van der Waals surface area contributed by atoms with Gasteiger partial charge in [-0.25, -0.2) is 0 Å². The molecule has 4 nitrogen and oxygen atoms in total. The third-order valence-corrected chi connectivity index (χ3v) is 5.95. The van der Waals surface area contributed by atoms with E-state index in [0.29, 0.717) is 5.75 Å². The molecule has 1 aromatic heterocycles. The van der Waals surface area contributed by atoms with Crippen LogP contribution in [0.5, 0.6) is 17.2 Å². The van der Waals surface area contributed by atoms with E-state index >= 15 is 0 Å². The molecule has 0 amide bonds. The van der Waals surface area contributed by atoms with Crippen LogP contribution in [-0.4, -0.2) is 24.3 Å². The Morgan fingerprint density at radius 2 is 1.61 bits per heavy atom. The van der Waals surface area contributed by atoms with Crippen molar-refractivity contribution in [2.45, 2.75) is 51.4 Å². The summed E-state index contributed by atoms with van der Waals surface area (Å²) >= 11 is 0. The maximum atomic E-state index is 9.89. The molecule has 3 aromatic rings. The second-order valence-electron chi connectivity index (χ2n) is 8.77. The van der Waals surface area contributed by atoms with Crippen LogP contribution in [0, 0.1) is 0 Å². The van der Waals surface area contributed by atoms with Gasteiger partial charge in [-0.1, -0.05) is 33.8 Å². The van der Waals surface area contributed by atoms with E-state index in [2.05, 4.69) is 44.9 Å². The zero-order valence-electron chi connectivity index (χ0n) is 17.7. The number of hydrogen-bond donors (Lipinski definition) is 2. The second kappa shape index (κ2) is 7.42. The molecule has 2 N–H and O–H groups in total. The summed E-state index contributed by atoms with van der Waals surface area (Å²) in [5.74, 6) is 1.56. The monoisotopic (exact) mass is 381 g/mol. The minimum Gasteiger partial charge on any atom is -0.504 e. The van der Waals surface area contributed by atoms with Gasteiger partial charge in [0.2, 0.25) is 0 Å². The van der Waals surface area contributed by atoms with E-state index in [1.54, 1.807) is 20.3 Å². The highest BCUT2D eigenvalue weighted by molar-refractivity contribution is 5.85. The fourth-order valence-corrected chi connectivity index (χ4v) is 3.79. The van der Waals surface area contributed by atoms with Crippen LogP contribution >= 0.6 is 0 Å². The van der Waals surface area contributed by atoms with Gasteiger partial charge in [0, 0.05) is 23.2 Å². The van der Waals surface area contributed by atoms with E-state index in [4.69, 9.17) is 9.47 Å². The van der Waals surface area contributed by atoms with Crippen LogP contribution < -0.4 is 9.47 Å². The van der Waals surface area contributed by atoms with Gasteiger partial charge in [-0.2, -0.15) is 0 Å². The lowest BCUT2D eigenvalue weighted by molar-refractivity contribution is 0.361. The van der Waals surface area contributed by atoms with Gasteiger partial charge in [-0.15, -0.1) is 0 Å². The number of aromatic nitrogens is 1. The number of fused-ring (bicyclic) bond motifs is 1. The molecule has 0 saturated heterocycles. The zero-order valence-corrected chi connectivity index (χ0v) is 17.7. The zero-order chi connectivity index (χ0) is 20.5. The van der Waals surface area contributed by atoms with Crippen molar-refractivity contribution in [1.29, 1.82) is 0 Å². The standard InChI is InChI=1S/C24H31NO3/c1-23(2,16-7-10-21(26)22(13-16)28-6)11-12-24(3,4)19-15-25-20-14-17(27-5)8-9-18(19)20/h7-10,13-15,25-26H,11-12H2,1-6H3.